The van der Waals surface area contributed by atoms with Crippen molar-refractivity contribution in [2.24, 2.45) is 4.99 Å². The number of aromatic nitrogens is 1. The van der Waals surface area contributed by atoms with E-state index in [9.17, 15) is 0 Å². The molecule has 6 aromatic rings. The largest absolute Gasteiger partial charge is 0.374 e. The highest BCUT2D eigenvalue weighted by Gasteiger charge is 2.29. The van der Waals surface area contributed by atoms with E-state index >= 15 is 0 Å². The maximum atomic E-state index is 5.49. The van der Waals surface area contributed by atoms with Gasteiger partial charge in [-0.05, 0) is 75.5 Å². The van der Waals surface area contributed by atoms with Gasteiger partial charge in [0.15, 0.2) is 0 Å². The number of benzene rings is 5. The van der Waals surface area contributed by atoms with Gasteiger partial charge < -0.3 is 10.6 Å². The Morgan fingerprint density at radius 2 is 1.43 bits per heavy atom. The number of hydrogen-bond acceptors (Lipinski definition) is 4. The second kappa shape index (κ2) is 10.9. The highest BCUT2D eigenvalue weighted by atomic mass is 15.1. The van der Waals surface area contributed by atoms with Crippen molar-refractivity contribution in [3.8, 4) is 11.3 Å². The van der Waals surface area contributed by atoms with Gasteiger partial charge in [0.25, 0.3) is 0 Å². The smallest absolute Gasteiger partial charge is 0.145 e. The molecule has 218 valence electrons. The fourth-order valence-electron chi connectivity index (χ4n) is 7.01. The van der Waals surface area contributed by atoms with E-state index < -0.39 is 0 Å². The highest BCUT2D eigenvalue weighted by Crippen LogP contribution is 2.43. The third-order valence-corrected chi connectivity index (χ3v) is 9.11. The number of para-hydroxylation sites is 1. The van der Waals surface area contributed by atoms with Gasteiger partial charge in [0.05, 0.1) is 17.4 Å². The van der Waals surface area contributed by atoms with Crippen LogP contribution in [0.15, 0.2) is 168 Å². The van der Waals surface area contributed by atoms with Gasteiger partial charge in [-0.25, -0.2) is 0 Å². The Hall–Kier alpha value is -6.00. The molecule has 4 heteroatoms. The number of nitrogens with zero attached hydrogens (tertiary/aromatic N) is 2. The first kappa shape index (κ1) is 26.4. The molecule has 0 saturated carbocycles. The molecule has 2 atom stereocenters. The summed E-state index contributed by atoms with van der Waals surface area (Å²) in [5, 5.41) is 9.95. The van der Waals surface area contributed by atoms with Crippen molar-refractivity contribution in [2.75, 3.05) is 10.6 Å². The normalized spacial score (nSPS) is 17.8. The predicted octanol–water partition coefficient (Wildman–Crippen LogP) is 9.59. The molecule has 9 rings (SSSR count). The average Bonchev–Trinajstić information content (AvgIpc) is 3.13. The zero-order valence-electron chi connectivity index (χ0n) is 25.1. The second-order valence-corrected chi connectivity index (χ2v) is 11.9. The number of anilines is 2. The Labute approximate surface area is 268 Å². The monoisotopic (exact) mass is 590 g/mol. The summed E-state index contributed by atoms with van der Waals surface area (Å²) in [6.45, 7) is 0. The van der Waals surface area contributed by atoms with Gasteiger partial charge in [-0.3, -0.25) is 9.98 Å². The maximum Gasteiger partial charge on any atom is 0.145 e. The molecule has 1 aromatic heterocycles. The van der Waals surface area contributed by atoms with Crippen LogP contribution in [-0.4, -0.2) is 16.7 Å². The van der Waals surface area contributed by atoms with E-state index in [-0.39, 0.29) is 12.2 Å². The van der Waals surface area contributed by atoms with E-state index in [1.807, 2.05) is 18.3 Å². The number of allylic oxidation sites excluding steroid dienone is 2. The minimum atomic E-state index is -0.300. The van der Waals surface area contributed by atoms with E-state index in [1.54, 1.807) is 0 Å². The summed E-state index contributed by atoms with van der Waals surface area (Å²) in [6.07, 6.45) is 10.3. The van der Waals surface area contributed by atoms with E-state index in [1.165, 1.54) is 27.5 Å². The quantitative estimate of drug-likeness (QED) is 0.215. The predicted molar refractivity (Wildman–Crippen MR) is 190 cm³/mol. The summed E-state index contributed by atoms with van der Waals surface area (Å²) < 4.78 is 0. The molecule has 4 nitrogen and oxygen atoms in total. The van der Waals surface area contributed by atoms with Crippen molar-refractivity contribution in [2.45, 2.75) is 12.2 Å². The lowest BCUT2D eigenvalue weighted by molar-refractivity contribution is 0.829. The van der Waals surface area contributed by atoms with Gasteiger partial charge in [-0.1, -0.05) is 109 Å². The van der Waals surface area contributed by atoms with Crippen molar-refractivity contribution in [1.29, 1.82) is 0 Å². The topological polar surface area (TPSA) is 49.3 Å². The van der Waals surface area contributed by atoms with Crippen LogP contribution in [0.3, 0.4) is 0 Å². The summed E-state index contributed by atoms with van der Waals surface area (Å²) in [4.78, 5) is 10.3. The number of hydrogen-bond donors (Lipinski definition) is 2. The maximum absolute atomic E-state index is 5.49. The van der Waals surface area contributed by atoms with Crippen LogP contribution in [-0.2, 0) is 0 Å². The minimum absolute atomic E-state index is 0.104. The molecule has 3 aliphatic rings. The SMILES string of the molecule is C1=CC2=C(c3cc(-c4ccccn4)cc(C4N=C(c5ccccc5)c5c(ccc6ccccc56)N4)c3)c3ccccc3NC2C=C1. The number of aliphatic imine (C=N–C) groups is 1. The Kier molecular flexibility index (Phi) is 6.24. The molecule has 0 spiro atoms. The molecule has 3 heterocycles. The first-order valence-corrected chi connectivity index (χ1v) is 15.7. The molecule has 0 radical (unpaired) electrons. The van der Waals surface area contributed by atoms with E-state index in [0.29, 0.717) is 0 Å². The number of nitrogens with one attached hydrogen (secondary N) is 2. The number of fused-ring (bicyclic) bond motifs is 5. The molecular formula is C42H30N4. The first-order chi connectivity index (χ1) is 22.8. The van der Waals surface area contributed by atoms with Crippen LogP contribution < -0.4 is 10.6 Å². The van der Waals surface area contributed by atoms with Gasteiger partial charge in [-0.2, -0.15) is 0 Å². The van der Waals surface area contributed by atoms with Crippen LogP contribution in [0.2, 0.25) is 0 Å². The number of rotatable bonds is 4. The van der Waals surface area contributed by atoms with Crippen molar-refractivity contribution < 1.29 is 0 Å². The summed E-state index contributed by atoms with van der Waals surface area (Å²) in [5.41, 5.74) is 13.4. The molecule has 0 bridgehead atoms. The third kappa shape index (κ3) is 4.46. The van der Waals surface area contributed by atoms with Crippen LogP contribution in [0.4, 0.5) is 11.4 Å². The summed E-state index contributed by atoms with van der Waals surface area (Å²) in [7, 11) is 0. The van der Waals surface area contributed by atoms with Crippen molar-refractivity contribution in [3.63, 3.8) is 0 Å². The second-order valence-electron chi connectivity index (χ2n) is 11.9. The van der Waals surface area contributed by atoms with Gasteiger partial charge >= 0.3 is 0 Å². The molecule has 1 aliphatic carbocycles. The van der Waals surface area contributed by atoms with Gasteiger partial charge in [0, 0.05) is 39.8 Å². The van der Waals surface area contributed by atoms with E-state index in [4.69, 9.17) is 9.98 Å². The van der Waals surface area contributed by atoms with E-state index in [2.05, 4.69) is 150 Å². The standard InChI is InChI=1S/C42H30N4/c1-2-13-28(14-3-1)41-40-32-15-5-4-12-27(32)21-22-38(40)45-42(46-41)31-25-29(35-18-10-11-23-43-35)24-30(26-31)39-33-16-6-8-19-36(33)44-37-20-9-7-17-34(37)39/h1-26,36,42,44-45H. The summed E-state index contributed by atoms with van der Waals surface area (Å²) in [6, 6.07) is 45.1. The molecule has 2 aliphatic heterocycles. The van der Waals surface area contributed by atoms with Gasteiger partial charge in [-0.15, -0.1) is 0 Å². The Balaban J connectivity index is 1.28. The van der Waals surface area contributed by atoms with Crippen molar-refractivity contribution in [3.05, 3.63) is 191 Å². The van der Waals surface area contributed by atoms with Crippen LogP contribution in [0.1, 0.15) is 34.0 Å². The molecule has 2 N–H and O–H groups in total. The molecule has 0 fully saturated rings. The Bertz CT molecular complexity index is 2260. The molecule has 0 amide bonds. The highest BCUT2D eigenvalue weighted by molar-refractivity contribution is 6.23. The summed E-state index contributed by atoms with van der Waals surface area (Å²) in [5.74, 6) is 0. The van der Waals surface area contributed by atoms with Crippen molar-refractivity contribution >= 4 is 33.4 Å². The zero-order valence-corrected chi connectivity index (χ0v) is 25.1. The van der Waals surface area contributed by atoms with Crippen LogP contribution in [0.25, 0.3) is 27.6 Å². The fourth-order valence-corrected chi connectivity index (χ4v) is 7.01. The minimum Gasteiger partial charge on any atom is -0.374 e. The zero-order chi connectivity index (χ0) is 30.5. The van der Waals surface area contributed by atoms with E-state index in [0.717, 1.165) is 50.6 Å². The van der Waals surface area contributed by atoms with Gasteiger partial charge in [0.2, 0.25) is 0 Å². The lowest BCUT2D eigenvalue weighted by Gasteiger charge is -2.32. The number of pyridine rings is 1. The molecular weight excluding hydrogens is 560 g/mol. The van der Waals surface area contributed by atoms with Crippen molar-refractivity contribution in [1.82, 2.24) is 4.98 Å². The lowest BCUT2D eigenvalue weighted by atomic mass is 9.82. The van der Waals surface area contributed by atoms with Crippen LogP contribution >= 0.6 is 0 Å². The first-order valence-electron chi connectivity index (χ1n) is 15.7. The Morgan fingerprint density at radius 3 is 2.35 bits per heavy atom. The summed E-state index contributed by atoms with van der Waals surface area (Å²) >= 11 is 0. The van der Waals surface area contributed by atoms with Crippen LogP contribution in [0, 0.1) is 0 Å². The van der Waals surface area contributed by atoms with Crippen LogP contribution in [0.5, 0.6) is 0 Å². The average molecular weight is 591 g/mol. The molecule has 2 unspecified atom stereocenters. The fraction of sp³-hybridized carbons (Fsp3) is 0.0476. The molecule has 0 saturated heterocycles. The lowest BCUT2D eigenvalue weighted by Crippen LogP contribution is -2.26. The van der Waals surface area contributed by atoms with Gasteiger partial charge in [0.1, 0.15) is 6.17 Å². The third-order valence-electron chi connectivity index (χ3n) is 9.11. The molecule has 46 heavy (non-hydrogen) atoms. The Morgan fingerprint density at radius 1 is 0.609 bits per heavy atom. The molecule has 5 aromatic carbocycles.